The molecule has 0 radical (unpaired) electrons. The summed E-state index contributed by atoms with van der Waals surface area (Å²) in [7, 11) is 0. The molecule has 0 fully saturated rings. The highest BCUT2D eigenvalue weighted by atomic mass is 79.9. The zero-order valence-corrected chi connectivity index (χ0v) is 29.3. The van der Waals surface area contributed by atoms with Crippen LogP contribution >= 0.6 is 31.9 Å². The molecule has 0 amide bonds. The van der Waals surface area contributed by atoms with Crippen molar-refractivity contribution in [2.45, 2.75) is 5.41 Å². The van der Waals surface area contributed by atoms with E-state index in [9.17, 15) is 4.79 Å². The molecule has 5 heteroatoms. The number of ether oxygens (including phenoxy) is 1. The lowest BCUT2D eigenvalue weighted by molar-refractivity contribution is 0.104. The molecule has 7 aromatic rings. The number of carbonyl (C=O) groups is 1. The normalized spacial score (nSPS) is 13.1. The third kappa shape index (κ3) is 5.21. The average molecular weight is 765 g/mol. The Bertz CT molecular complexity index is 2340. The summed E-state index contributed by atoms with van der Waals surface area (Å²) < 4.78 is 8.35. The van der Waals surface area contributed by atoms with Crippen molar-refractivity contribution in [2.24, 2.45) is 0 Å². The maximum absolute atomic E-state index is 12.0. The Hall–Kier alpha value is -5.23. The SMILES string of the molecule is Brc1ccc2c(c1)C1(c3ccccc3Oc3ccccc31)c1ccccc1-2.O=C1c2ccccc2-c2ccc(Br)cc21.Oc1ccccc1. The van der Waals surface area contributed by atoms with Crippen molar-refractivity contribution >= 4 is 37.6 Å². The average Bonchev–Trinajstić information content (AvgIpc) is 3.58. The molecule has 0 aromatic heterocycles. The van der Waals surface area contributed by atoms with E-state index in [0.717, 1.165) is 42.7 Å². The first-order valence-electron chi connectivity index (χ1n) is 15.9. The van der Waals surface area contributed by atoms with E-state index < -0.39 is 0 Å². The van der Waals surface area contributed by atoms with Gasteiger partial charge in [-0.2, -0.15) is 0 Å². The number of rotatable bonds is 0. The quantitative estimate of drug-likeness (QED) is 0.167. The second-order valence-corrected chi connectivity index (χ2v) is 13.8. The Morgan fingerprint density at radius 2 is 0.898 bits per heavy atom. The summed E-state index contributed by atoms with van der Waals surface area (Å²) in [5.41, 5.74) is 11.0. The van der Waals surface area contributed by atoms with E-state index in [1.54, 1.807) is 24.3 Å². The molecule has 0 bridgehead atoms. The number of para-hydroxylation sites is 3. The molecular weight excluding hydrogens is 736 g/mol. The Labute approximate surface area is 301 Å². The van der Waals surface area contributed by atoms with E-state index in [0.29, 0.717) is 5.75 Å². The van der Waals surface area contributed by atoms with Gasteiger partial charge in [0.05, 0.1) is 5.41 Å². The molecule has 0 unspecified atom stereocenters. The number of ketones is 1. The fourth-order valence-corrected chi connectivity index (χ4v) is 7.98. The Kier molecular flexibility index (Phi) is 8.03. The zero-order chi connectivity index (χ0) is 33.5. The van der Waals surface area contributed by atoms with Crippen LogP contribution in [0.1, 0.15) is 38.2 Å². The van der Waals surface area contributed by atoms with Crippen LogP contribution in [0.15, 0.2) is 173 Å². The van der Waals surface area contributed by atoms with Crippen molar-refractivity contribution in [1.82, 2.24) is 0 Å². The highest BCUT2D eigenvalue weighted by Crippen LogP contribution is 2.62. The number of carbonyl (C=O) groups excluding carboxylic acids is 1. The van der Waals surface area contributed by atoms with Crippen LogP contribution in [0, 0.1) is 0 Å². The van der Waals surface area contributed by atoms with Gasteiger partial charge in [0.15, 0.2) is 5.78 Å². The molecule has 0 saturated carbocycles. The molecular formula is C44H28Br2O3. The molecule has 1 heterocycles. The van der Waals surface area contributed by atoms with Crippen LogP contribution in [0.25, 0.3) is 22.3 Å². The summed E-state index contributed by atoms with van der Waals surface area (Å²) in [6.07, 6.45) is 0. The van der Waals surface area contributed by atoms with Gasteiger partial charge >= 0.3 is 0 Å². The standard InChI is InChI=1S/C25H15BrO.C13H7BrO.C6H6O/c26-16-13-14-18-17-7-1-2-8-19(17)25(22(18)15-16)20-9-3-5-11-23(20)27-24-12-6-4-10-21(24)25;14-8-5-6-10-9-3-1-2-4-11(9)13(15)12(10)7-8;7-6-4-2-1-3-5-6/h1-15H;1-7H;1-5,7H. The number of benzene rings is 7. The molecule has 0 saturated heterocycles. The second kappa shape index (κ2) is 12.7. The fourth-order valence-electron chi connectivity index (χ4n) is 7.25. The predicted molar refractivity (Wildman–Crippen MR) is 203 cm³/mol. The minimum Gasteiger partial charge on any atom is -0.508 e. The first kappa shape index (κ1) is 31.1. The van der Waals surface area contributed by atoms with Gasteiger partial charge in [-0.1, -0.05) is 147 Å². The first-order valence-corrected chi connectivity index (χ1v) is 17.5. The van der Waals surface area contributed by atoms with Crippen molar-refractivity contribution in [1.29, 1.82) is 0 Å². The Morgan fingerprint density at radius 3 is 1.53 bits per heavy atom. The lowest BCUT2D eigenvalue weighted by atomic mass is 9.66. The largest absolute Gasteiger partial charge is 0.508 e. The van der Waals surface area contributed by atoms with Gasteiger partial charge in [0.25, 0.3) is 0 Å². The number of aromatic hydroxyl groups is 1. The van der Waals surface area contributed by atoms with Crippen LogP contribution < -0.4 is 4.74 Å². The van der Waals surface area contributed by atoms with E-state index >= 15 is 0 Å². The number of hydrogen-bond donors (Lipinski definition) is 1. The number of hydrogen-bond acceptors (Lipinski definition) is 3. The summed E-state index contributed by atoms with van der Waals surface area (Å²) in [5.74, 6) is 2.31. The van der Waals surface area contributed by atoms with Crippen LogP contribution in [0.4, 0.5) is 0 Å². The van der Waals surface area contributed by atoms with Crippen molar-refractivity contribution < 1.29 is 14.6 Å². The van der Waals surface area contributed by atoms with Crippen molar-refractivity contribution in [3.8, 4) is 39.5 Å². The topological polar surface area (TPSA) is 46.5 Å². The first-order chi connectivity index (χ1) is 24.0. The molecule has 3 aliphatic rings. The molecule has 7 aromatic carbocycles. The lowest BCUT2D eigenvalue weighted by Gasteiger charge is -2.39. The monoisotopic (exact) mass is 762 g/mol. The molecule has 0 atom stereocenters. The zero-order valence-electron chi connectivity index (χ0n) is 26.1. The third-order valence-electron chi connectivity index (χ3n) is 9.25. The minimum atomic E-state index is -0.360. The van der Waals surface area contributed by atoms with E-state index in [2.05, 4.69) is 111 Å². The number of phenolic OH excluding ortho intramolecular Hbond substituents is 1. The van der Waals surface area contributed by atoms with Gasteiger partial charge in [0, 0.05) is 31.2 Å². The summed E-state index contributed by atoms with van der Waals surface area (Å²) in [6, 6.07) is 54.6. The molecule has 49 heavy (non-hydrogen) atoms. The van der Waals surface area contributed by atoms with Gasteiger partial charge in [-0.25, -0.2) is 0 Å². The highest BCUT2D eigenvalue weighted by molar-refractivity contribution is 9.10. The number of halogens is 2. The molecule has 236 valence electrons. The molecule has 1 spiro atoms. The van der Waals surface area contributed by atoms with Gasteiger partial charge in [0.2, 0.25) is 0 Å². The van der Waals surface area contributed by atoms with Crippen LogP contribution in [0.3, 0.4) is 0 Å². The van der Waals surface area contributed by atoms with E-state index in [1.807, 2.05) is 60.7 Å². The lowest BCUT2D eigenvalue weighted by Crippen LogP contribution is -2.32. The third-order valence-corrected chi connectivity index (χ3v) is 10.2. The van der Waals surface area contributed by atoms with Crippen molar-refractivity contribution in [3.63, 3.8) is 0 Å². The minimum absolute atomic E-state index is 0.127. The van der Waals surface area contributed by atoms with Crippen LogP contribution in [0.2, 0.25) is 0 Å². The summed E-state index contributed by atoms with van der Waals surface area (Å²) >= 11 is 7.09. The number of phenols is 1. The van der Waals surface area contributed by atoms with Crippen LogP contribution in [0.5, 0.6) is 17.2 Å². The van der Waals surface area contributed by atoms with Crippen molar-refractivity contribution in [3.05, 3.63) is 206 Å². The molecule has 3 nitrogen and oxygen atoms in total. The maximum atomic E-state index is 12.0. The van der Waals surface area contributed by atoms with Crippen LogP contribution in [-0.2, 0) is 5.41 Å². The summed E-state index contributed by atoms with van der Waals surface area (Å²) in [5, 5.41) is 8.63. The van der Waals surface area contributed by atoms with E-state index in [4.69, 9.17) is 9.84 Å². The van der Waals surface area contributed by atoms with E-state index in [1.165, 1.54) is 33.4 Å². The molecule has 10 rings (SSSR count). The molecule has 2 aliphatic carbocycles. The van der Waals surface area contributed by atoms with Gasteiger partial charge in [0.1, 0.15) is 17.2 Å². The highest BCUT2D eigenvalue weighted by Gasteiger charge is 2.50. The van der Waals surface area contributed by atoms with Crippen LogP contribution in [-0.4, -0.2) is 10.9 Å². The maximum Gasteiger partial charge on any atom is 0.194 e. The molecule has 1 N–H and O–H groups in total. The summed E-state index contributed by atoms with van der Waals surface area (Å²) in [6.45, 7) is 0. The van der Waals surface area contributed by atoms with Gasteiger partial charge in [-0.05, 0) is 81.9 Å². The van der Waals surface area contributed by atoms with E-state index in [-0.39, 0.29) is 11.2 Å². The fraction of sp³-hybridized carbons (Fsp3) is 0.0227. The summed E-state index contributed by atoms with van der Waals surface area (Å²) in [4.78, 5) is 12.0. The second-order valence-electron chi connectivity index (χ2n) is 12.0. The predicted octanol–water partition coefficient (Wildman–Crippen LogP) is 12.0. The Balaban J connectivity index is 0.000000132. The van der Waals surface area contributed by atoms with Gasteiger partial charge in [-0.15, -0.1) is 0 Å². The van der Waals surface area contributed by atoms with Crippen molar-refractivity contribution in [2.75, 3.05) is 0 Å². The van der Waals surface area contributed by atoms with Gasteiger partial charge < -0.3 is 9.84 Å². The van der Waals surface area contributed by atoms with Gasteiger partial charge in [-0.3, -0.25) is 4.79 Å². The molecule has 1 aliphatic heterocycles. The number of fused-ring (bicyclic) bond motifs is 12. The smallest absolute Gasteiger partial charge is 0.194 e. The Morgan fingerprint density at radius 1 is 0.429 bits per heavy atom.